The average molecular weight is 371 g/mol. The molecule has 3 heteroatoms. The van der Waals surface area contributed by atoms with Crippen LogP contribution in [-0.2, 0) is 6.42 Å². The van der Waals surface area contributed by atoms with Crippen molar-refractivity contribution in [2.75, 3.05) is 5.32 Å². The smallest absolute Gasteiger partial charge is 0.0578 e. The fourth-order valence-corrected chi connectivity index (χ4v) is 3.32. The number of aryl methyl sites for hydroxylation is 2. The molecule has 0 saturated carbocycles. The van der Waals surface area contributed by atoms with Gasteiger partial charge < -0.3 is 5.32 Å². The first kappa shape index (κ1) is 13.9. The van der Waals surface area contributed by atoms with Crippen molar-refractivity contribution in [1.82, 2.24) is 0 Å². The lowest BCUT2D eigenvalue weighted by Crippen LogP contribution is -2.06. The van der Waals surface area contributed by atoms with E-state index in [1.54, 1.807) is 0 Å². The lowest BCUT2D eigenvalue weighted by atomic mass is 10.1. The third-order valence-electron chi connectivity index (χ3n) is 3.03. The topological polar surface area (TPSA) is 12.0 Å². The molecule has 0 aliphatic carbocycles. The molecule has 1 aromatic carbocycles. The Bertz CT molecular complexity index is 533. The van der Waals surface area contributed by atoms with Gasteiger partial charge in [-0.25, -0.2) is 0 Å². The molecule has 0 spiro atoms. The van der Waals surface area contributed by atoms with E-state index in [9.17, 15) is 0 Å². The third-order valence-corrected chi connectivity index (χ3v) is 5.11. The average Bonchev–Trinajstić information content (AvgIpc) is 2.82. The summed E-state index contributed by atoms with van der Waals surface area (Å²) >= 11 is 4.26. The second-order valence-corrected chi connectivity index (χ2v) is 6.93. The quantitative estimate of drug-likeness (QED) is 0.710. The number of thiophene rings is 1. The van der Waals surface area contributed by atoms with Crippen molar-refractivity contribution in [3.63, 3.8) is 0 Å². The van der Waals surface area contributed by atoms with E-state index < -0.39 is 0 Å². The van der Waals surface area contributed by atoms with Crippen LogP contribution in [0.15, 0.2) is 30.3 Å². The molecule has 0 aliphatic rings. The molecule has 1 aromatic heterocycles. The summed E-state index contributed by atoms with van der Waals surface area (Å²) in [6.45, 7) is 6.58. The summed E-state index contributed by atoms with van der Waals surface area (Å²) in [5.41, 5.74) is 2.54. The summed E-state index contributed by atoms with van der Waals surface area (Å²) in [5.74, 6) is 0. The normalized spacial score (nSPS) is 12.4. The first-order valence-corrected chi connectivity index (χ1v) is 8.11. The van der Waals surface area contributed by atoms with Gasteiger partial charge in [-0.1, -0.05) is 13.0 Å². The lowest BCUT2D eigenvalue weighted by Gasteiger charge is -2.16. The van der Waals surface area contributed by atoms with Crippen molar-refractivity contribution in [3.8, 4) is 0 Å². The molecule has 0 aliphatic heterocycles. The largest absolute Gasteiger partial charge is 0.377 e. The van der Waals surface area contributed by atoms with Crippen molar-refractivity contribution >= 4 is 39.6 Å². The van der Waals surface area contributed by atoms with Gasteiger partial charge in [-0.05, 0) is 72.7 Å². The van der Waals surface area contributed by atoms with Crippen LogP contribution >= 0.6 is 33.9 Å². The zero-order valence-electron chi connectivity index (χ0n) is 11.0. The molecule has 1 atom stereocenters. The second-order valence-electron chi connectivity index (χ2n) is 4.48. The van der Waals surface area contributed by atoms with Crippen molar-refractivity contribution in [1.29, 1.82) is 0 Å². The molecule has 0 saturated heterocycles. The van der Waals surface area contributed by atoms with Gasteiger partial charge in [0.25, 0.3) is 0 Å². The number of hydrogen-bond acceptors (Lipinski definition) is 2. The molecule has 2 rings (SSSR count). The summed E-state index contributed by atoms with van der Waals surface area (Å²) in [6.07, 6.45) is 1.12. The van der Waals surface area contributed by atoms with Crippen LogP contribution in [0.4, 0.5) is 5.69 Å². The van der Waals surface area contributed by atoms with Gasteiger partial charge in [0, 0.05) is 19.0 Å². The Morgan fingerprint density at radius 3 is 2.72 bits per heavy atom. The molecule has 0 radical (unpaired) electrons. The minimum atomic E-state index is 0.368. The first-order chi connectivity index (χ1) is 8.60. The van der Waals surface area contributed by atoms with Gasteiger partial charge in [-0.2, -0.15) is 0 Å². The van der Waals surface area contributed by atoms with E-state index >= 15 is 0 Å². The van der Waals surface area contributed by atoms with E-state index in [-0.39, 0.29) is 0 Å². The summed E-state index contributed by atoms with van der Waals surface area (Å²) < 4.78 is 1.27. The highest BCUT2D eigenvalue weighted by molar-refractivity contribution is 14.1. The Hall–Kier alpha value is -0.550. The molecule has 0 bridgehead atoms. The van der Waals surface area contributed by atoms with Crippen LogP contribution < -0.4 is 5.32 Å². The Kier molecular flexibility index (Phi) is 4.67. The lowest BCUT2D eigenvalue weighted by molar-refractivity contribution is 0.905. The van der Waals surface area contributed by atoms with Gasteiger partial charge >= 0.3 is 0 Å². The minimum Gasteiger partial charge on any atom is -0.377 e. The summed E-state index contributed by atoms with van der Waals surface area (Å²) in [5, 5.41) is 3.61. The molecule has 2 aromatic rings. The molecular formula is C15H18INS. The molecule has 96 valence electrons. The van der Waals surface area contributed by atoms with E-state index in [0.717, 1.165) is 6.42 Å². The highest BCUT2D eigenvalue weighted by Crippen LogP contribution is 2.28. The maximum atomic E-state index is 3.61. The summed E-state index contributed by atoms with van der Waals surface area (Å²) in [7, 11) is 0. The molecule has 1 N–H and O–H groups in total. The van der Waals surface area contributed by atoms with Crippen LogP contribution in [0.2, 0.25) is 0 Å². The van der Waals surface area contributed by atoms with E-state index in [1.807, 2.05) is 11.3 Å². The number of hydrogen-bond donors (Lipinski definition) is 1. The van der Waals surface area contributed by atoms with Gasteiger partial charge in [-0.15, -0.1) is 11.3 Å². The SMILES string of the molecule is CCc1ccc(C(C)Nc2cc(I)ccc2C)s1. The van der Waals surface area contributed by atoms with Crippen molar-refractivity contribution in [2.45, 2.75) is 33.2 Å². The van der Waals surface area contributed by atoms with Crippen LogP contribution in [0.5, 0.6) is 0 Å². The van der Waals surface area contributed by atoms with E-state index in [4.69, 9.17) is 0 Å². The predicted molar refractivity (Wildman–Crippen MR) is 89.6 cm³/mol. The third kappa shape index (κ3) is 3.26. The predicted octanol–water partition coefficient (Wildman–Crippen LogP) is 5.40. The maximum absolute atomic E-state index is 3.61. The fraction of sp³-hybridized carbons (Fsp3) is 0.333. The maximum Gasteiger partial charge on any atom is 0.0578 e. The van der Waals surface area contributed by atoms with Crippen LogP contribution in [0.3, 0.4) is 0 Å². The number of halogens is 1. The zero-order valence-corrected chi connectivity index (χ0v) is 13.9. The molecule has 1 nitrogen and oxygen atoms in total. The Balaban J connectivity index is 2.15. The number of nitrogens with one attached hydrogen (secondary N) is 1. The number of rotatable bonds is 4. The zero-order chi connectivity index (χ0) is 13.1. The van der Waals surface area contributed by atoms with Crippen molar-refractivity contribution in [3.05, 3.63) is 49.2 Å². The second kappa shape index (κ2) is 6.06. The van der Waals surface area contributed by atoms with Crippen molar-refractivity contribution in [2.24, 2.45) is 0 Å². The Morgan fingerprint density at radius 2 is 2.06 bits per heavy atom. The highest BCUT2D eigenvalue weighted by Gasteiger charge is 2.09. The van der Waals surface area contributed by atoms with E-state index in [0.29, 0.717) is 6.04 Å². The number of anilines is 1. The molecule has 18 heavy (non-hydrogen) atoms. The van der Waals surface area contributed by atoms with Gasteiger partial charge in [0.15, 0.2) is 0 Å². The van der Waals surface area contributed by atoms with Gasteiger partial charge in [0.1, 0.15) is 0 Å². The highest BCUT2D eigenvalue weighted by atomic mass is 127. The van der Waals surface area contributed by atoms with Crippen molar-refractivity contribution < 1.29 is 0 Å². The Morgan fingerprint density at radius 1 is 1.28 bits per heavy atom. The van der Waals surface area contributed by atoms with Gasteiger partial charge in [-0.3, -0.25) is 0 Å². The van der Waals surface area contributed by atoms with Crippen LogP contribution in [0, 0.1) is 10.5 Å². The Labute approximate surface area is 127 Å². The fourth-order valence-electron chi connectivity index (χ4n) is 1.87. The van der Waals surface area contributed by atoms with Gasteiger partial charge in [0.05, 0.1) is 6.04 Å². The molecule has 1 heterocycles. The summed E-state index contributed by atoms with van der Waals surface area (Å²) in [6, 6.07) is 11.4. The van der Waals surface area contributed by atoms with Crippen LogP contribution in [-0.4, -0.2) is 0 Å². The first-order valence-electron chi connectivity index (χ1n) is 6.21. The van der Waals surface area contributed by atoms with Crippen LogP contribution in [0.1, 0.15) is 35.2 Å². The van der Waals surface area contributed by atoms with Crippen LogP contribution in [0.25, 0.3) is 0 Å². The van der Waals surface area contributed by atoms with E-state index in [1.165, 1.54) is 24.6 Å². The van der Waals surface area contributed by atoms with Gasteiger partial charge in [0.2, 0.25) is 0 Å². The molecule has 0 fully saturated rings. The molecule has 1 unspecified atom stereocenters. The standard InChI is InChI=1S/C15H18INS/c1-4-13-7-8-15(18-13)11(3)17-14-9-12(16)6-5-10(14)2/h5-9,11,17H,4H2,1-3H3. The molecular weight excluding hydrogens is 353 g/mol. The number of benzene rings is 1. The molecule has 0 amide bonds. The van der Waals surface area contributed by atoms with E-state index in [2.05, 4.69) is 79.0 Å². The summed E-state index contributed by atoms with van der Waals surface area (Å²) in [4.78, 5) is 2.86. The minimum absolute atomic E-state index is 0.368. The monoisotopic (exact) mass is 371 g/mol.